The summed E-state index contributed by atoms with van der Waals surface area (Å²) in [6.07, 6.45) is 0. The monoisotopic (exact) mass is 269 g/mol. The van der Waals surface area contributed by atoms with Crippen LogP contribution in [0.25, 0.3) is 0 Å². The average Bonchev–Trinajstić information content (AvgIpc) is 2.51. The van der Waals surface area contributed by atoms with Crippen LogP contribution in [0.1, 0.15) is 0 Å². The van der Waals surface area contributed by atoms with Crippen LogP contribution >= 0.6 is 7.92 Å². The first-order valence-electron chi connectivity index (χ1n) is 6.40. The maximum atomic E-state index is 2.23. The Morgan fingerprint density at radius 3 is 0.900 bits per heavy atom. The number of rotatable bonds is 3. The van der Waals surface area contributed by atoms with Crippen molar-refractivity contribution in [3.63, 3.8) is 0 Å². The Morgan fingerprint density at radius 2 is 0.650 bits per heavy atom. The van der Waals surface area contributed by atoms with E-state index in [-0.39, 0.29) is 18.9 Å². The number of hydrogen-bond acceptors (Lipinski definition) is 0. The van der Waals surface area contributed by atoms with Gasteiger partial charge in [0.25, 0.3) is 0 Å². The van der Waals surface area contributed by atoms with Gasteiger partial charge in [-0.25, -0.2) is 0 Å². The van der Waals surface area contributed by atoms with E-state index < -0.39 is 7.92 Å². The zero-order valence-electron chi connectivity index (χ0n) is 11.6. The Kier molecular flexibility index (Phi) is 5.63. The van der Waals surface area contributed by atoms with Crippen LogP contribution in [0.5, 0.6) is 0 Å². The number of hydrogen-bond donors (Lipinski definition) is 0. The molecule has 20 heavy (non-hydrogen) atoms. The maximum Gasteiger partial charge on any atom is 1.00 e. The molecule has 0 amide bonds. The second-order valence-corrected chi connectivity index (χ2v) is 6.56. The molecule has 0 unspecified atom stereocenters. The van der Waals surface area contributed by atoms with E-state index in [1.807, 2.05) is 0 Å². The van der Waals surface area contributed by atoms with Gasteiger partial charge in [0.05, 0.1) is 0 Å². The predicted molar refractivity (Wildman–Crippen MR) is 85.1 cm³/mol. The molecule has 0 nitrogen and oxygen atoms in total. The summed E-state index contributed by atoms with van der Waals surface area (Å²) in [7, 11) is -0.446. The first-order chi connectivity index (χ1) is 9.45. The van der Waals surface area contributed by atoms with Gasteiger partial charge in [-0.15, -0.1) is 0 Å². The largest absolute Gasteiger partial charge is 1.00 e. The summed E-state index contributed by atoms with van der Waals surface area (Å²) in [6, 6.07) is 32.3. The molecule has 0 spiro atoms. The first kappa shape index (κ1) is 15.1. The second kappa shape index (κ2) is 7.46. The van der Waals surface area contributed by atoms with Gasteiger partial charge >= 0.3 is 18.9 Å². The quantitative estimate of drug-likeness (QED) is 0.478. The fourth-order valence-electron chi connectivity index (χ4n) is 2.18. The van der Waals surface area contributed by atoms with E-state index in [2.05, 4.69) is 91.0 Å². The summed E-state index contributed by atoms with van der Waals surface area (Å²) in [4.78, 5) is 0. The Morgan fingerprint density at radius 1 is 0.400 bits per heavy atom. The molecular formula is C18H15LiP+. The van der Waals surface area contributed by atoms with Gasteiger partial charge in [0.1, 0.15) is 0 Å². The predicted octanol–water partition coefficient (Wildman–Crippen LogP) is 0.449. The fourth-order valence-corrected chi connectivity index (χ4v) is 4.48. The van der Waals surface area contributed by atoms with Crippen molar-refractivity contribution in [1.29, 1.82) is 0 Å². The fraction of sp³-hybridized carbons (Fsp3) is 0. The van der Waals surface area contributed by atoms with E-state index in [1.165, 1.54) is 15.9 Å². The third-order valence-electron chi connectivity index (χ3n) is 3.04. The van der Waals surface area contributed by atoms with Crippen LogP contribution in [-0.4, -0.2) is 0 Å². The van der Waals surface area contributed by atoms with Gasteiger partial charge in [-0.1, -0.05) is 91.0 Å². The van der Waals surface area contributed by atoms with Crippen molar-refractivity contribution in [2.45, 2.75) is 0 Å². The van der Waals surface area contributed by atoms with Crippen LogP contribution in [-0.2, 0) is 0 Å². The standard InChI is InChI=1S/C18H15P.Li/c1-4-10-16(11-5-1)19(17-12-6-2-7-13-17)18-14-8-3-9-15-18;/h1-15H;/q;+1. The molecular weight excluding hydrogens is 254 g/mol. The topological polar surface area (TPSA) is 0 Å². The molecule has 0 atom stereocenters. The van der Waals surface area contributed by atoms with Gasteiger partial charge in [0, 0.05) is 0 Å². The molecule has 3 aromatic carbocycles. The summed E-state index contributed by atoms with van der Waals surface area (Å²) in [5.74, 6) is 0. The number of benzene rings is 3. The van der Waals surface area contributed by atoms with Crippen LogP contribution in [0.3, 0.4) is 0 Å². The normalized spacial score (nSPS) is 10.1. The Bertz CT molecular complexity index is 529. The summed E-state index contributed by atoms with van der Waals surface area (Å²) in [5.41, 5.74) is 0. The van der Waals surface area contributed by atoms with Gasteiger partial charge in [-0.3, -0.25) is 0 Å². The SMILES string of the molecule is [Li+].c1ccc(P(c2ccccc2)c2ccccc2)cc1. The van der Waals surface area contributed by atoms with E-state index in [4.69, 9.17) is 0 Å². The third kappa shape index (κ3) is 3.41. The molecule has 0 fully saturated rings. The Labute approximate surface area is 133 Å². The van der Waals surface area contributed by atoms with Crippen LogP contribution < -0.4 is 34.8 Å². The molecule has 0 aromatic heterocycles. The zero-order chi connectivity index (χ0) is 12.9. The van der Waals surface area contributed by atoms with Crippen LogP contribution in [0, 0.1) is 0 Å². The van der Waals surface area contributed by atoms with Gasteiger partial charge < -0.3 is 0 Å². The minimum atomic E-state index is -0.446. The van der Waals surface area contributed by atoms with Gasteiger partial charge in [0.2, 0.25) is 0 Å². The molecule has 2 heteroatoms. The first-order valence-corrected chi connectivity index (χ1v) is 7.74. The van der Waals surface area contributed by atoms with Gasteiger partial charge in [-0.2, -0.15) is 0 Å². The maximum absolute atomic E-state index is 2.23. The van der Waals surface area contributed by atoms with Gasteiger partial charge in [-0.05, 0) is 23.8 Å². The molecule has 0 N–H and O–H groups in total. The van der Waals surface area contributed by atoms with Gasteiger partial charge in [0.15, 0.2) is 0 Å². The smallest absolute Gasteiger partial charge is 0.0622 e. The van der Waals surface area contributed by atoms with Crippen molar-refractivity contribution in [1.82, 2.24) is 0 Å². The molecule has 0 bridgehead atoms. The molecule has 92 valence electrons. The molecule has 3 aromatic rings. The molecule has 0 aliphatic heterocycles. The van der Waals surface area contributed by atoms with Crippen molar-refractivity contribution < 1.29 is 18.9 Å². The summed E-state index contributed by atoms with van der Waals surface area (Å²) >= 11 is 0. The molecule has 0 aliphatic carbocycles. The summed E-state index contributed by atoms with van der Waals surface area (Å²) in [6.45, 7) is 0. The van der Waals surface area contributed by atoms with Crippen LogP contribution in [0.2, 0.25) is 0 Å². The van der Waals surface area contributed by atoms with E-state index in [1.54, 1.807) is 0 Å². The molecule has 0 saturated heterocycles. The van der Waals surface area contributed by atoms with Crippen LogP contribution in [0.15, 0.2) is 91.0 Å². The van der Waals surface area contributed by atoms with Crippen molar-refractivity contribution in [2.24, 2.45) is 0 Å². The van der Waals surface area contributed by atoms with Crippen molar-refractivity contribution >= 4 is 23.8 Å². The van der Waals surface area contributed by atoms with E-state index in [9.17, 15) is 0 Å². The Hall–Kier alpha value is -1.31. The van der Waals surface area contributed by atoms with Crippen LogP contribution in [0.4, 0.5) is 0 Å². The minimum Gasteiger partial charge on any atom is -0.0622 e. The molecule has 3 rings (SSSR count). The zero-order valence-corrected chi connectivity index (χ0v) is 12.5. The van der Waals surface area contributed by atoms with Crippen molar-refractivity contribution in [3.05, 3.63) is 91.0 Å². The third-order valence-corrected chi connectivity index (χ3v) is 5.49. The van der Waals surface area contributed by atoms with Crippen molar-refractivity contribution in [3.8, 4) is 0 Å². The summed E-state index contributed by atoms with van der Waals surface area (Å²) < 4.78 is 0. The average molecular weight is 269 g/mol. The van der Waals surface area contributed by atoms with E-state index in [0.717, 1.165) is 0 Å². The second-order valence-electron chi connectivity index (χ2n) is 4.34. The Balaban J connectivity index is 0.00000147. The van der Waals surface area contributed by atoms with E-state index in [0.29, 0.717) is 0 Å². The molecule has 0 aliphatic rings. The van der Waals surface area contributed by atoms with E-state index >= 15 is 0 Å². The summed E-state index contributed by atoms with van der Waals surface area (Å²) in [5, 5.41) is 4.19. The molecule has 0 heterocycles. The van der Waals surface area contributed by atoms with Crippen molar-refractivity contribution in [2.75, 3.05) is 0 Å². The molecule has 0 radical (unpaired) electrons. The molecule has 0 saturated carbocycles. The minimum absolute atomic E-state index is 0.